The van der Waals surface area contributed by atoms with Crippen molar-refractivity contribution < 1.29 is 19.8 Å². The predicted octanol–water partition coefficient (Wildman–Crippen LogP) is 3.99. The van der Waals surface area contributed by atoms with Crippen LogP contribution in [-0.4, -0.2) is 22.2 Å². The van der Waals surface area contributed by atoms with Gasteiger partial charge >= 0.3 is 11.9 Å². The van der Waals surface area contributed by atoms with E-state index in [1.807, 2.05) is 34.7 Å². The molecule has 2 aromatic rings. The van der Waals surface area contributed by atoms with Gasteiger partial charge in [-0.05, 0) is 59.7 Å². The molecule has 0 saturated heterocycles. The molecule has 110 valence electrons. The van der Waals surface area contributed by atoms with Gasteiger partial charge in [-0.15, -0.1) is 0 Å². The van der Waals surface area contributed by atoms with Crippen molar-refractivity contribution in [3.63, 3.8) is 0 Å². The third-order valence-corrected chi connectivity index (χ3v) is 3.71. The molecule has 0 bridgehead atoms. The maximum absolute atomic E-state index is 10.6. The number of aromatic carboxylic acids is 2. The first-order valence-electron chi connectivity index (χ1n) is 6.12. The Kier molecular flexibility index (Phi) is 6.36. The number of aryl methyl sites for hydroxylation is 2. The molecule has 2 rings (SSSR count). The molecule has 0 heterocycles. The Morgan fingerprint density at radius 3 is 1.81 bits per heavy atom. The first-order chi connectivity index (χ1) is 9.84. The zero-order chi connectivity index (χ0) is 16.0. The summed E-state index contributed by atoms with van der Waals surface area (Å²) in [6.07, 6.45) is 0. The summed E-state index contributed by atoms with van der Waals surface area (Å²) >= 11 is 2.02. The van der Waals surface area contributed by atoms with Crippen LogP contribution < -0.4 is 0 Å². The minimum Gasteiger partial charge on any atom is -0.478 e. The van der Waals surface area contributed by atoms with Crippen LogP contribution in [0.15, 0.2) is 42.5 Å². The SMILES string of the molecule is Cc1cccc(I)c1C(=O)O.Cc1ccccc1C(=O)O. The van der Waals surface area contributed by atoms with Crippen LogP contribution in [0.25, 0.3) is 0 Å². The molecule has 0 radical (unpaired) electrons. The van der Waals surface area contributed by atoms with Crippen molar-refractivity contribution in [3.8, 4) is 0 Å². The standard InChI is InChI=1S/C8H7IO2.C8H8O2/c1-5-3-2-4-6(9)7(5)8(10)11;1-6-4-2-3-5-7(6)8(9)10/h2-4H,1H3,(H,10,11);2-5H,1H3,(H,9,10). The molecule has 0 aliphatic rings. The number of carboxylic acid groups (broad SMARTS) is 2. The molecular formula is C16H15IO4. The number of hydrogen-bond acceptors (Lipinski definition) is 2. The van der Waals surface area contributed by atoms with Crippen molar-refractivity contribution in [2.24, 2.45) is 0 Å². The minimum atomic E-state index is -0.863. The lowest BCUT2D eigenvalue weighted by Crippen LogP contribution is -2.01. The van der Waals surface area contributed by atoms with Gasteiger partial charge in [-0.25, -0.2) is 9.59 Å². The van der Waals surface area contributed by atoms with Crippen molar-refractivity contribution in [1.29, 1.82) is 0 Å². The molecule has 0 unspecified atom stereocenters. The van der Waals surface area contributed by atoms with E-state index in [2.05, 4.69) is 0 Å². The summed E-state index contributed by atoms with van der Waals surface area (Å²) in [5.41, 5.74) is 2.40. The van der Waals surface area contributed by atoms with Crippen molar-refractivity contribution in [2.75, 3.05) is 0 Å². The van der Waals surface area contributed by atoms with Crippen molar-refractivity contribution in [3.05, 3.63) is 68.3 Å². The van der Waals surface area contributed by atoms with Crippen LogP contribution in [0.3, 0.4) is 0 Å². The lowest BCUT2D eigenvalue weighted by atomic mass is 10.1. The quantitative estimate of drug-likeness (QED) is 0.751. The van der Waals surface area contributed by atoms with Crippen LogP contribution in [-0.2, 0) is 0 Å². The first-order valence-corrected chi connectivity index (χ1v) is 7.19. The van der Waals surface area contributed by atoms with Gasteiger partial charge < -0.3 is 10.2 Å². The average Bonchev–Trinajstić information content (AvgIpc) is 2.39. The molecule has 0 saturated carbocycles. The van der Waals surface area contributed by atoms with Crippen molar-refractivity contribution in [1.82, 2.24) is 0 Å². The summed E-state index contributed by atoms with van der Waals surface area (Å²) in [5, 5.41) is 17.3. The number of rotatable bonds is 2. The summed E-state index contributed by atoms with van der Waals surface area (Å²) in [6.45, 7) is 3.58. The van der Waals surface area contributed by atoms with Crippen LogP contribution >= 0.6 is 22.6 Å². The largest absolute Gasteiger partial charge is 0.478 e. The van der Waals surface area contributed by atoms with Gasteiger partial charge in [0, 0.05) is 3.57 Å². The van der Waals surface area contributed by atoms with E-state index in [0.29, 0.717) is 11.1 Å². The van der Waals surface area contributed by atoms with Gasteiger partial charge in [-0.2, -0.15) is 0 Å². The Labute approximate surface area is 136 Å². The van der Waals surface area contributed by atoms with E-state index in [4.69, 9.17) is 10.2 Å². The monoisotopic (exact) mass is 398 g/mol. The van der Waals surface area contributed by atoms with Gasteiger partial charge in [-0.3, -0.25) is 0 Å². The molecule has 4 nitrogen and oxygen atoms in total. The summed E-state index contributed by atoms with van der Waals surface area (Å²) in [4.78, 5) is 21.1. The molecule has 0 fully saturated rings. The normalized spacial score (nSPS) is 9.48. The Morgan fingerprint density at radius 2 is 1.43 bits per heavy atom. The van der Waals surface area contributed by atoms with Crippen LogP contribution in [0.1, 0.15) is 31.8 Å². The van der Waals surface area contributed by atoms with Gasteiger partial charge in [0.05, 0.1) is 11.1 Å². The van der Waals surface area contributed by atoms with Crippen LogP contribution in [0.2, 0.25) is 0 Å². The second kappa shape index (κ2) is 7.78. The predicted molar refractivity (Wildman–Crippen MR) is 89.0 cm³/mol. The summed E-state index contributed by atoms with van der Waals surface area (Å²) in [6, 6.07) is 12.4. The van der Waals surface area contributed by atoms with Crippen LogP contribution in [0, 0.1) is 17.4 Å². The Hall–Kier alpha value is -1.89. The highest BCUT2D eigenvalue weighted by molar-refractivity contribution is 14.1. The van der Waals surface area contributed by atoms with E-state index in [9.17, 15) is 9.59 Å². The fourth-order valence-corrected chi connectivity index (χ4v) is 2.58. The lowest BCUT2D eigenvalue weighted by molar-refractivity contribution is 0.0684. The molecular weight excluding hydrogens is 383 g/mol. The Balaban J connectivity index is 0.000000211. The van der Waals surface area contributed by atoms with Crippen molar-refractivity contribution >= 4 is 34.5 Å². The molecule has 0 spiro atoms. The van der Waals surface area contributed by atoms with Gasteiger partial charge in [-0.1, -0.05) is 30.3 Å². The third-order valence-electron chi connectivity index (χ3n) is 2.81. The van der Waals surface area contributed by atoms with Gasteiger partial charge in [0.25, 0.3) is 0 Å². The maximum Gasteiger partial charge on any atom is 0.337 e. The second-order valence-corrected chi connectivity index (χ2v) is 5.52. The fraction of sp³-hybridized carbons (Fsp3) is 0.125. The third kappa shape index (κ3) is 4.86. The van der Waals surface area contributed by atoms with Gasteiger partial charge in [0.15, 0.2) is 0 Å². The fourth-order valence-electron chi connectivity index (χ4n) is 1.72. The van der Waals surface area contributed by atoms with E-state index in [1.165, 1.54) is 0 Å². The highest BCUT2D eigenvalue weighted by atomic mass is 127. The van der Waals surface area contributed by atoms with Gasteiger partial charge in [0.2, 0.25) is 0 Å². The number of hydrogen-bond donors (Lipinski definition) is 2. The molecule has 2 N–H and O–H groups in total. The smallest absolute Gasteiger partial charge is 0.337 e. The van der Waals surface area contributed by atoms with Crippen molar-refractivity contribution in [2.45, 2.75) is 13.8 Å². The van der Waals surface area contributed by atoms with Crippen LogP contribution in [0.4, 0.5) is 0 Å². The molecule has 0 amide bonds. The second-order valence-electron chi connectivity index (χ2n) is 4.36. The molecule has 21 heavy (non-hydrogen) atoms. The number of halogens is 1. The summed E-state index contributed by atoms with van der Waals surface area (Å²) in [5.74, 6) is -1.72. The number of carbonyl (C=O) groups is 2. The highest BCUT2D eigenvalue weighted by Gasteiger charge is 2.09. The number of carboxylic acids is 2. The minimum absolute atomic E-state index is 0.377. The highest BCUT2D eigenvalue weighted by Crippen LogP contribution is 2.15. The van der Waals surface area contributed by atoms with E-state index >= 15 is 0 Å². The molecule has 0 atom stereocenters. The van der Waals surface area contributed by atoms with E-state index < -0.39 is 11.9 Å². The van der Waals surface area contributed by atoms with Gasteiger partial charge in [0.1, 0.15) is 0 Å². The maximum atomic E-state index is 10.6. The molecule has 0 aliphatic carbocycles. The zero-order valence-electron chi connectivity index (χ0n) is 11.6. The Bertz CT molecular complexity index is 645. The zero-order valence-corrected chi connectivity index (χ0v) is 13.8. The van der Waals surface area contributed by atoms with E-state index in [-0.39, 0.29) is 0 Å². The molecule has 2 aromatic carbocycles. The summed E-state index contributed by atoms with van der Waals surface area (Å²) in [7, 11) is 0. The summed E-state index contributed by atoms with van der Waals surface area (Å²) < 4.78 is 0.787. The van der Waals surface area contributed by atoms with E-state index in [1.54, 1.807) is 44.2 Å². The molecule has 0 aliphatic heterocycles. The molecule has 0 aromatic heterocycles. The average molecular weight is 398 g/mol. The van der Waals surface area contributed by atoms with Crippen LogP contribution in [0.5, 0.6) is 0 Å². The molecule has 5 heteroatoms. The Morgan fingerprint density at radius 1 is 0.857 bits per heavy atom. The first kappa shape index (κ1) is 17.2. The topological polar surface area (TPSA) is 74.6 Å². The van der Waals surface area contributed by atoms with E-state index in [0.717, 1.165) is 14.7 Å². The number of benzene rings is 2. The lowest BCUT2D eigenvalue weighted by Gasteiger charge is -2.01.